The molecule has 0 saturated heterocycles. The van der Waals surface area contributed by atoms with Crippen LogP contribution in [0.4, 0.5) is 8.78 Å². The minimum atomic E-state index is -2.83. The first-order chi connectivity index (χ1) is 5.02. The molecule has 0 aliphatic heterocycles. The van der Waals surface area contributed by atoms with Gasteiger partial charge in [0.15, 0.2) is 0 Å². The first-order valence-electron chi connectivity index (χ1n) is 3.32. The Bertz CT molecular complexity index is 253. The summed E-state index contributed by atoms with van der Waals surface area (Å²) < 4.78 is 25.3. The van der Waals surface area contributed by atoms with Crippen LogP contribution in [0.15, 0.2) is 18.3 Å². The molecule has 0 atom stereocenters. The molecule has 0 radical (unpaired) electrons. The van der Waals surface area contributed by atoms with E-state index in [1.165, 1.54) is 6.20 Å². The Morgan fingerprint density at radius 3 is 2.45 bits per heavy atom. The molecular formula is C8H9F2N. The number of hydrogen-bond donors (Lipinski definition) is 0. The summed E-state index contributed by atoms with van der Waals surface area (Å²) in [4.78, 5) is 3.60. The molecule has 1 heterocycles. The number of aryl methyl sites for hydroxylation is 1. The highest BCUT2D eigenvalue weighted by molar-refractivity contribution is 5.21. The number of hydrogen-bond acceptors (Lipinski definition) is 1. The monoisotopic (exact) mass is 157 g/mol. The van der Waals surface area contributed by atoms with Crippen LogP contribution in [0.5, 0.6) is 0 Å². The molecule has 1 nitrogen and oxygen atoms in total. The van der Waals surface area contributed by atoms with Gasteiger partial charge in [0.25, 0.3) is 5.92 Å². The van der Waals surface area contributed by atoms with Crippen LogP contribution in [0.25, 0.3) is 0 Å². The quantitative estimate of drug-likeness (QED) is 0.610. The van der Waals surface area contributed by atoms with E-state index in [9.17, 15) is 8.78 Å². The Kier molecular flexibility index (Phi) is 1.89. The van der Waals surface area contributed by atoms with Gasteiger partial charge >= 0.3 is 0 Å². The number of nitrogens with zero attached hydrogens (tertiary/aromatic N) is 1. The molecular weight excluding hydrogens is 148 g/mol. The Balaban J connectivity index is 3.14. The fraction of sp³-hybridized carbons (Fsp3) is 0.375. The van der Waals surface area contributed by atoms with Crippen molar-refractivity contribution in [3.63, 3.8) is 0 Å². The summed E-state index contributed by atoms with van der Waals surface area (Å²) >= 11 is 0. The summed E-state index contributed by atoms with van der Waals surface area (Å²) in [6.45, 7) is 2.47. The second-order valence-corrected chi connectivity index (χ2v) is 2.56. The van der Waals surface area contributed by atoms with Crippen molar-refractivity contribution in [3.05, 3.63) is 29.6 Å². The third-order valence-corrected chi connectivity index (χ3v) is 1.43. The van der Waals surface area contributed by atoms with Gasteiger partial charge in [-0.3, -0.25) is 4.98 Å². The van der Waals surface area contributed by atoms with E-state index in [1.54, 1.807) is 19.1 Å². The highest BCUT2D eigenvalue weighted by Crippen LogP contribution is 2.26. The van der Waals surface area contributed by atoms with Crippen LogP contribution in [0.1, 0.15) is 18.2 Å². The van der Waals surface area contributed by atoms with Crippen LogP contribution in [0.3, 0.4) is 0 Å². The van der Waals surface area contributed by atoms with Crippen molar-refractivity contribution in [2.75, 3.05) is 0 Å². The average molecular weight is 157 g/mol. The second kappa shape index (κ2) is 2.57. The van der Waals surface area contributed by atoms with E-state index in [0.717, 1.165) is 6.92 Å². The highest BCUT2D eigenvalue weighted by atomic mass is 19.3. The summed E-state index contributed by atoms with van der Waals surface area (Å²) in [6, 6.07) is 3.27. The fourth-order valence-electron chi connectivity index (χ4n) is 0.945. The van der Waals surface area contributed by atoms with Gasteiger partial charge in [-0.25, -0.2) is 0 Å². The standard InChI is InChI=1S/C8H9F2N/c1-6-4-3-5-11-7(6)8(2,9)10/h3-5H,1-2H3. The lowest BCUT2D eigenvalue weighted by Gasteiger charge is -2.10. The van der Waals surface area contributed by atoms with E-state index in [4.69, 9.17) is 0 Å². The maximum atomic E-state index is 12.7. The van der Waals surface area contributed by atoms with E-state index < -0.39 is 5.92 Å². The van der Waals surface area contributed by atoms with Gasteiger partial charge < -0.3 is 0 Å². The van der Waals surface area contributed by atoms with Crippen molar-refractivity contribution in [2.24, 2.45) is 0 Å². The van der Waals surface area contributed by atoms with Crippen LogP contribution in [0, 0.1) is 6.92 Å². The lowest BCUT2D eigenvalue weighted by Crippen LogP contribution is -2.11. The van der Waals surface area contributed by atoms with Crippen molar-refractivity contribution in [1.29, 1.82) is 0 Å². The van der Waals surface area contributed by atoms with Gasteiger partial charge in [-0.2, -0.15) is 8.78 Å². The normalized spacial score (nSPS) is 11.6. The number of halogens is 2. The average Bonchev–Trinajstić information content (AvgIpc) is 1.86. The van der Waals surface area contributed by atoms with Gasteiger partial charge in [-0.1, -0.05) is 6.07 Å². The Morgan fingerprint density at radius 2 is 2.09 bits per heavy atom. The van der Waals surface area contributed by atoms with E-state index in [1.807, 2.05) is 0 Å². The molecule has 1 aromatic heterocycles. The SMILES string of the molecule is Cc1cccnc1C(C)(F)F. The molecule has 1 aromatic rings. The molecule has 0 aliphatic carbocycles. The van der Waals surface area contributed by atoms with Crippen molar-refractivity contribution < 1.29 is 8.78 Å². The zero-order valence-corrected chi connectivity index (χ0v) is 6.44. The van der Waals surface area contributed by atoms with Crippen LogP contribution >= 0.6 is 0 Å². The summed E-state index contributed by atoms with van der Waals surface area (Å²) in [5.41, 5.74) is 0.389. The molecule has 0 aliphatic rings. The topological polar surface area (TPSA) is 12.9 Å². The molecule has 0 saturated carbocycles. The second-order valence-electron chi connectivity index (χ2n) is 2.56. The van der Waals surface area contributed by atoms with Crippen LogP contribution in [-0.4, -0.2) is 4.98 Å². The minimum Gasteiger partial charge on any atom is -0.255 e. The van der Waals surface area contributed by atoms with Crippen LogP contribution in [-0.2, 0) is 5.92 Å². The maximum Gasteiger partial charge on any atom is 0.287 e. The van der Waals surface area contributed by atoms with Gasteiger partial charge in [0, 0.05) is 13.1 Å². The van der Waals surface area contributed by atoms with E-state index in [0.29, 0.717) is 5.56 Å². The molecule has 0 bridgehead atoms. The van der Waals surface area contributed by atoms with Crippen molar-refractivity contribution in [1.82, 2.24) is 4.98 Å². The summed E-state index contributed by atoms with van der Waals surface area (Å²) in [7, 11) is 0. The zero-order chi connectivity index (χ0) is 8.48. The number of alkyl halides is 2. The smallest absolute Gasteiger partial charge is 0.255 e. The molecule has 60 valence electrons. The molecule has 3 heteroatoms. The van der Waals surface area contributed by atoms with E-state index >= 15 is 0 Å². The predicted molar refractivity (Wildman–Crippen MR) is 38.5 cm³/mol. The van der Waals surface area contributed by atoms with Crippen molar-refractivity contribution in [2.45, 2.75) is 19.8 Å². The molecule has 0 unspecified atom stereocenters. The lowest BCUT2D eigenvalue weighted by atomic mass is 10.1. The van der Waals surface area contributed by atoms with Crippen LogP contribution < -0.4 is 0 Å². The third kappa shape index (κ3) is 1.73. The molecule has 0 fully saturated rings. The van der Waals surface area contributed by atoms with Gasteiger partial charge in [-0.15, -0.1) is 0 Å². The van der Waals surface area contributed by atoms with Gasteiger partial charge in [-0.05, 0) is 18.6 Å². The van der Waals surface area contributed by atoms with E-state index in [-0.39, 0.29) is 5.69 Å². The Labute approximate surface area is 64.1 Å². The minimum absolute atomic E-state index is 0.139. The first-order valence-corrected chi connectivity index (χ1v) is 3.32. The van der Waals surface area contributed by atoms with Crippen molar-refractivity contribution >= 4 is 0 Å². The van der Waals surface area contributed by atoms with Crippen molar-refractivity contribution in [3.8, 4) is 0 Å². The predicted octanol–water partition coefficient (Wildman–Crippen LogP) is 2.50. The molecule has 1 rings (SSSR count). The highest BCUT2D eigenvalue weighted by Gasteiger charge is 2.27. The number of rotatable bonds is 1. The molecule has 0 spiro atoms. The zero-order valence-electron chi connectivity index (χ0n) is 6.44. The summed E-state index contributed by atoms with van der Waals surface area (Å²) in [5.74, 6) is -2.83. The van der Waals surface area contributed by atoms with Crippen LogP contribution in [0.2, 0.25) is 0 Å². The first kappa shape index (κ1) is 8.11. The van der Waals surface area contributed by atoms with Gasteiger partial charge in [0.05, 0.1) is 0 Å². The summed E-state index contributed by atoms with van der Waals surface area (Å²) in [6.07, 6.45) is 1.37. The third-order valence-electron chi connectivity index (χ3n) is 1.43. The van der Waals surface area contributed by atoms with Gasteiger partial charge in [0.2, 0.25) is 0 Å². The Hall–Kier alpha value is -0.990. The summed E-state index contributed by atoms with van der Waals surface area (Å²) in [5, 5.41) is 0. The molecule has 0 aromatic carbocycles. The molecule has 0 N–H and O–H groups in total. The van der Waals surface area contributed by atoms with E-state index in [2.05, 4.69) is 4.98 Å². The lowest BCUT2D eigenvalue weighted by molar-refractivity contribution is 0.0121. The fourth-order valence-corrected chi connectivity index (χ4v) is 0.945. The number of pyridine rings is 1. The molecule has 11 heavy (non-hydrogen) atoms. The van der Waals surface area contributed by atoms with Gasteiger partial charge in [0.1, 0.15) is 5.69 Å². The largest absolute Gasteiger partial charge is 0.287 e. The maximum absolute atomic E-state index is 12.7. The molecule has 0 amide bonds. The Morgan fingerprint density at radius 1 is 1.45 bits per heavy atom. The number of aromatic nitrogens is 1.